The summed E-state index contributed by atoms with van der Waals surface area (Å²) in [6.07, 6.45) is 17.3. The van der Waals surface area contributed by atoms with E-state index in [1.165, 1.54) is 6.42 Å². The van der Waals surface area contributed by atoms with Gasteiger partial charge in [0.2, 0.25) is 0 Å². The molecule has 9 rings (SSSR count). The highest BCUT2D eigenvalue weighted by Crippen LogP contribution is 2.78. The Morgan fingerprint density at radius 2 is 1.59 bits per heavy atom. The van der Waals surface area contributed by atoms with E-state index in [0.29, 0.717) is 25.2 Å². The standard InChI is InChI=1S/C43H55NO5/c1-4-49-38(47)44(27-31-15-10-14-29-11-8-9-16-33(29)31)28-42(48)22-19-36-40(42,3)21-18-35-39(2)20-17-32(45)25-41(39)23-24-43(35,36)34(26-41)37(46)30-12-6-5-7-13-30/h8-11,14-16,23-24,26,30,32,35-36,45,48H,4-7,12-13,17-22,25,27-28H2,1-3H3. The number of nitrogens with zero attached hydrogens (tertiary/aromatic N) is 1. The molecule has 2 N–H and O–H groups in total. The molecule has 49 heavy (non-hydrogen) atoms. The number of Topliss-reactive ketones (excluding diaryl/α,β-unsaturated/α-hetero) is 1. The zero-order chi connectivity index (χ0) is 34.2. The van der Waals surface area contributed by atoms with Crippen LogP contribution in [0, 0.1) is 39.4 Å². The maximum Gasteiger partial charge on any atom is 0.410 e. The maximum atomic E-state index is 14.9. The second-order valence-corrected chi connectivity index (χ2v) is 17.2. The summed E-state index contributed by atoms with van der Waals surface area (Å²) in [4.78, 5) is 30.3. The lowest BCUT2D eigenvalue weighted by molar-refractivity contribution is -0.179. The number of benzene rings is 2. The number of aliphatic hydroxyl groups excluding tert-OH is 1. The van der Waals surface area contributed by atoms with E-state index in [9.17, 15) is 19.8 Å². The predicted octanol–water partition coefficient (Wildman–Crippen LogP) is 8.54. The molecule has 262 valence electrons. The van der Waals surface area contributed by atoms with Gasteiger partial charge in [-0.05, 0) is 98.3 Å². The van der Waals surface area contributed by atoms with Crippen molar-refractivity contribution >= 4 is 22.6 Å². The summed E-state index contributed by atoms with van der Waals surface area (Å²) in [5, 5.41) is 26.3. The van der Waals surface area contributed by atoms with Gasteiger partial charge in [0.05, 0.1) is 24.9 Å². The van der Waals surface area contributed by atoms with Crippen LogP contribution < -0.4 is 0 Å². The highest BCUT2D eigenvalue weighted by molar-refractivity contribution is 6.00. The first kappa shape index (κ1) is 33.2. The quantitative estimate of drug-likeness (QED) is 0.290. The molecule has 0 aliphatic heterocycles. The van der Waals surface area contributed by atoms with Crippen molar-refractivity contribution in [1.29, 1.82) is 0 Å². The largest absolute Gasteiger partial charge is 0.450 e. The number of hydrogen-bond acceptors (Lipinski definition) is 5. The van der Waals surface area contributed by atoms with Gasteiger partial charge in [-0.15, -0.1) is 0 Å². The van der Waals surface area contributed by atoms with Gasteiger partial charge in [-0.1, -0.05) is 93.8 Å². The van der Waals surface area contributed by atoms with Crippen LogP contribution in [-0.2, 0) is 16.1 Å². The molecule has 1 amide bonds. The number of ether oxygens (including phenoxy) is 1. The van der Waals surface area contributed by atoms with E-state index >= 15 is 0 Å². The van der Waals surface area contributed by atoms with Crippen LogP contribution in [0.3, 0.4) is 0 Å². The van der Waals surface area contributed by atoms with Gasteiger partial charge in [0, 0.05) is 34.3 Å². The molecule has 7 aliphatic rings. The summed E-state index contributed by atoms with van der Waals surface area (Å²) in [7, 11) is 0. The monoisotopic (exact) mass is 665 g/mol. The van der Waals surface area contributed by atoms with Crippen LogP contribution in [0.5, 0.6) is 0 Å². The molecule has 6 nitrogen and oxygen atoms in total. The molecule has 4 fully saturated rings. The van der Waals surface area contributed by atoms with Crippen LogP contribution in [0.15, 0.2) is 66.3 Å². The molecule has 0 saturated heterocycles. The zero-order valence-corrected chi connectivity index (χ0v) is 29.8. The lowest BCUT2D eigenvalue weighted by Crippen LogP contribution is -2.67. The number of fused-ring (bicyclic) bond motifs is 2. The number of aliphatic hydroxyl groups is 2. The van der Waals surface area contributed by atoms with E-state index in [0.717, 1.165) is 79.7 Å². The third-order valence-electron chi connectivity index (χ3n) is 15.2. The lowest BCUT2D eigenvalue weighted by atomic mass is 9.32. The Morgan fingerprint density at radius 3 is 2.39 bits per heavy atom. The summed E-state index contributed by atoms with van der Waals surface area (Å²) >= 11 is 0. The first-order valence-electron chi connectivity index (χ1n) is 19.3. The fraction of sp³-hybridized carbons (Fsp3) is 0.628. The molecule has 0 aromatic heterocycles. The van der Waals surface area contributed by atoms with E-state index in [-0.39, 0.29) is 47.8 Å². The van der Waals surface area contributed by atoms with Crippen LogP contribution in [-0.4, -0.2) is 51.8 Å². The Balaban J connectivity index is 1.19. The smallest absolute Gasteiger partial charge is 0.410 e. The molecule has 2 spiro atoms. The number of rotatable bonds is 7. The Hall–Kier alpha value is -2.96. The summed E-state index contributed by atoms with van der Waals surface area (Å²) in [6.45, 7) is 7.34. The summed E-state index contributed by atoms with van der Waals surface area (Å²) in [6, 6.07) is 14.4. The highest BCUT2D eigenvalue weighted by atomic mass is 16.6. The van der Waals surface area contributed by atoms with Crippen molar-refractivity contribution in [2.75, 3.05) is 13.2 Å². The van der Waals surface area contributed by atoms with Crippen molar-refractivity contribution in [3.8, 4) is 0 Å². The van der Waals surface area contributed by atoms with E-state index in [1.807, 2.05) is 25.1 Å². The number of amides is 1. The minimum Gasteiger partial charge on any atom is -0.450 e. The third kappa shape index (κ3) is 4.71. The van der Waals surface area contributed by atoms with Gasteiger partial charge >= 0.3 is 6.09 Å². The van der Waals surface area contributed by atoms with Gasteiger partial charge in [0.1, 0.15) is 0 Å². The van der Waals surface area contributed by atoms with Crippen molar-refractivity contribution in [3.63, 3.8) is 0 Å². The summed E-state index contributed by atoms with van der Waals surface area (Å²) < 4.78 is 5.63. The molecule has 0 heterocycles. The number of allylic oxidation sites excluding steroid dienone is 4. The van der Waals surface area contributed by atoms with Crippen molar-refractivity contribution < 1.29 is 24.5 Å². The van der Waals surface area contributed by atoms with Gasteiger partial charge < -0.3 is 19.8 Å². The molecule has 2 aromatic carbocycles. The van der Waals surface area contributed by atoms with Crippen LogP contribution in [0.2, 0.25) is 0 Å². The molecule has 4 saturated carbocycles. The number of carbonyl (C=O) groups is 2. The van der Waals surface area contributed by atoms with Crippen LogP contribution >= 0.6 is 0 Å². The zero-order valence-electron chi connectivity index (χ0n) is 29.8. The molecule has 2 bridgehead atoms. The minimum atomic E-state index is -1.14. The molecule has 0 radical (unpaired) electrons. The fourth-order valence-electron chi connectivity index (χ4n) is 12.6. The van der Waals surface area contributed by atoms with Crippen molar-refractivity contribution in [2.24, 2.45) is 39.4 Å². The Morgan fingerprint density at radius 1 is 0.878 bits per heavy atom. The second-order valence-electron chi connectivity index (χ2n) is 17.2. The van der Waals surface area contributed by atoms with Crippen LogP contribution in [0.4, 0.5) is 4.79 Å². The van der Waals surface area contributed by atoms with Crippen molar-refractivity contribution in [1.82, 2.24) is 4.90 Å². The molecule has 8 atom stereocenters. The molecule has 6 heteroatoms. The molecule has 7 aliphatic carbocycles. The summed E-state index contributed by atoms with van der Waals surface area (Å²) in [5.74, 6) is 0.747. The molecular weight excluding hydrogens is 610 g/mol. The number of carbonyl (C=O) groups excluding carboxylic acids is 2. The molecule has 2 aromatic rings. The van der Waals surface area contributed by atoms with E-state index in [4.69, 9.17) is 4.74 Å². The average molecular weight is 666 g/mol. The topological polar surface area (TPSA) is 87.1 Å². The lowest BCUT2D eigenvalue weighted by Gasteiger charge is -2.71. The van der Waals surface area contributed by atoms with Crippen LogP contribution in [0.25, 0.3) is 10.8 Å². The van der Waals surface area contributed by atoms with E-state index in [2.05, 4.69) is 56.3 Å². The normalized spacial score (nSPS) is 39.5. The molecular formula is C43H55NO5. The Bertz CT molecular complexity index is 1700. The SMILES string of the molecule is CCOC(=O)N(Cc1cccc2ccccc12)CC1(O)CCC2C34C=CC5(C=C3C(=O)C3CCCCC3)CC(O)CCC5(C)C4CCC21C. The first-order chi connectivity index (χ1) is 23.5. The van der Waals surface area contributed by atoms with Crippen LogP contribution in [0.1, 0.15) is 103 Å². The van der Waals surface area contributed by atoms with Gasteiger partial charge in [-0.2, -0.15) is 0 Å². The Labute approximate surface area is 292 Å². The van der Waals surface area contributed by atoms with Gasteiger partial charge in [-0.25, -0.2) is 4.79 Å². The van der Waals surface area contributed by atoms with Gasteiger partial charge in [-0.3, -0.25) is 4.79 Å². The van der Waals surface area contributed by atoms with Gasteiger partial charge in [0.25, 0.3) is 0 Å². The first-order valence-corrected chi connectivity index (χ1v) is 19.3. The summed E-state index contributed by atoms with van der Waals surface area (Å²) in [5.41, 5.74) is -0.427. The Kier molecular flexibility index (Phi) is 8.00. The number of ketones is 1. The predicted molar refractivity (Wildman–Crippen MR) is 192 cm³/mol. The average Bonchev–Trinajstić information content (AvgIpc) is 3.38. The maximum absolute atomic E-state index is 14.9. The van der Waals surface area contributed by atoms with Crippen molar-refractivity contribution in [2.45, 2.75) is 116 Å². The number of hydrogen-bond donors (Lipinski definition) is 2. The third-order valence-corrected chi connectivity index (χ3v) is 15.2. The second kappa shape index (κ2) is 11.8. The minimum absolute atomic E-state index is 0.0509. The van der Waals surface area contributed by atoms with Gasteiger partial charge in [0.15, 0.2) is 5.78 Å². The van der Waals surface area contributed by atoms with E-state index < -0.39 is 22.5 Å². The fourth-order valence-corrected chi connectivity index (χ4v) is 12.6. The van der Waals surface area contributed by atoms with Crippen molar-refractivity contribution in [3.05, 3.63) is 71.8 Å². The molecule has 8 unspecified atom stereocenters. The van der Waals surface area contributed by atoms with E-state index in [1.54, 1.807) is 4.90 Å². The highest BCUT2D eigenvalue weighted by Gasteiger charge is 2.74.